The number of hydrogen-bond acceptors (Lipinski definition) is 3. The van der Waals surface area contributed by atoms with Crippen LogP contribution in [-0.2, 0) is 14.4 Å². The van der Waals surface area contributed by atoms with Gasteiger partial charge in [0.15, 0.2) is 0 Å². The Balaban J connectivity index is 1.65. The Hall–Kier alpha value is -3.15. The Morgan fingerprint density at radius 1 is 0.808 bits per heavy atom. The van der Waals surface area contributed by atoms with Gasteiger partial charge in [0.1, 0.15) is 5.41 Å². The van der Waals surface area contributed by atoms with Gasteiger partial charge < -0.3 is 16.0 Å². The molecule has 0 spiro atoms. The van der Waals surface area contributed by atoms with E-state index in [0.717, 1.165) is 5.56 Å². The van der Waals surface area contributed by atoms with Crippen molar-refractivity contribution in [3.63, 3.8) is 0 Å². The molecule has 0 heterocycles. The molecule has 1 saturated carbocycles. The Kier molecular flexibility index (Phi) is 4.75. The van der Waals surface area contributed by atoms with E-state index in [2.05, 4.69) is 16.0 Å². The SMILES string of the molecule is CC(=O)Nc1ccc(NC(=O)C2(C(=O)Nc3cccc(C)c3)CC2)cc1. The lowest BCUT2D eigenvalue weighted by Gasteiger charge is -2.16. The number of benzene rings is 2. The standard InChI is InChI=1S/C20H21N3O3/c1-13-4-3-5-17(12-13)23-19(26)20(10-11-20)18(25)22-16-8-6-15(7-9-16)21-14(2)24/h3-9,12H,10-11H2,1-2H3,(H,21,24)(H,22,25)(H,23,26). The Morgan fingerprint density at radius 2 is 1.35 bits per heavy atom. The van der Waals surface area contributed by atoms with Crippen LogP contribution in [0.5, 0.6) is 0 Å². The normalized spacial score (nSPS) is 14.2. The van der Waals surface area contributed by atoms with Crippen LogP contribution in [0.3, 0.4) is 0 Å². The Morgan fingerprint density at radius 3 is 1.85 bits per heavy atom. The van der Waals surface area contributed by atoms with E-state index in [1.165, 1.54) is 6.92 Å². The van der Waals surface area contributed by atoms with Gasteiger partial charge >= 0.3 is 0 Å². The maximum absolute atomic E-state index is 12.6. The van der Waals surface area contributed by atoms with Gasteiger partial charge in [-0.25, -0.2) is 0 Å². The van der Waals surface area contributed by atoms with Gasteiger partial charge in [-0.05, 0) is 61.7 Å². The molecule has 0 aliphatic heterocycles. The van der Waals surface area contributed by atoms with Gasteiger partial charge in [-0.2, -0.15) is 0 Å². The van der Waals surface area contributed by atoms with Crippen LogP contribution in [0.15, 0.2) is 48.5 Å². The van der Waals surface area contributed by atoms with Crippen molar-refractivity contribution in [2.45, 2.75) is 26.7 Å². The molecule has 6 nitrogen and oxygen atoms in total. The quantitative estimate of drug-likeness (QED) is 0.722. The van der Waals surface area contributed by atoms with E-state index in [1.54, 1.807) is 30.3 Å². The van der Waals surface area contributed by atoms with Gasteiger partial charge in [-0.15, -0.1) is 0 Å². The van der Waals surface area contributed by atoms with Crippen molar-refractivity contribution in [2.24, 2.45) is 5.41 Å². The van der Waals surface area contributed by atoms with Crippen LogP contribution in [0.2, 0.25) is 0 Å². The minimum atomic E-state index is -1.01. The van der Waals surface area contributed by atoms with Crippen molar-refractivity contribution < 1.29 is 14.4 Å². The fourth-order valence-corrected chi connectivity index (χ4v) is 2.75. The summed E-state index contributed by atoms with van der Waals surface area (Å²) in [5.74, 6) is -0.753. The smallest absolute Gasteiger partial charge is 0.240 e. The molecule has 2 aromatic rings. The first-order chi connectivity index (χ1) is 12.4. The molecule has 6 heteroatoms. The molecule has 0 saturated heterocycles. The second-order valence-electron chi connectivity index (χ2n) is 6.62. The number of rotatable bonds is 5. The highest BCUT2D eigenvalue weighted by Gasteiger charge is 2.56. The molecule has 2 aromatic carbocycles. The summed E-state index contributed by atoms with van der Waals surface area (Å²) in [6.07, 6.45) is 1.06. The first-order valence-corrected chi connectivity index (χ1v) is 8.46. The number of amides is 3. The van der Waals surface area contributed by atoms with E-state index in [4.69, 9.17) is 0 Å². The van der Waals surface area contributed by atoms with Crippen molar-refractivity contribution in [3.05, 3.63) is 54.1 Å². The van der Waals surface area contributed by atoms with Gasteiger partial charge in [0.25, 0.3) is 0 Å². The third-order valence-electron chi connectivity index (χ3n) is 4.36. The number of hydrogen-bond donors (Lipinski definition) is 3. The summed E-state index contributed by atoms with van der Waals surface area (Å²) in [5, 5.41) is 8.29. The van der Waals surface area contributed by atoms with Gasteiger partial charge in [0, 0.05) is 24.0 Å². The van der Waals surface area contributed by atoms with E-state index in [-0.39, 0.29) is 17.7 Å². The topological polar surface area (TPSA) is 87.3 Å². The molecule has 26 heavy (non-hydrogen) atoms. The number of carbonyl (C=O) groups excluding carboxylic acids is 3. The van der Waals surface area contributed by atoms with Crippen molar-refractivity contribution in [3.8, 4) is 0 Å². The van der Waals surface area contributed by atoms with E-state index >= 15 is 0 Å². The summed E-state index contributed by atoms with van der Waals surface area (Å²) in [6.45, 7) is 3.37. The molecule has 0 aromatic heterocycles. The minimum Gasteiger partial charge on any atom is -0.326 e. The van der Waals surface area contributed by atoms with Crippen LogP contribution >= 0.6 is 0 Å². The molecule has 3 amide bonds. The maximum atomic E-state index is 12.6. The van der Waals surface area contributed by atoms with Crippen molar-refractivity contribution in [1.29, 1.82) is 0 Å². The summed E-state index contributed by atoms with van der Waals surface area (Å²) in [6, 6.07) is 14.3. The van der Waals surface area contributed by atoms with Crippen LogP contribution in [0.4, 0.5) is 17.1 Å². The first kappa shape index (κ1) is 17.7. The molecule has 1 aliphatic rings. The summed E-state index contributed by atoms with van der Waals surface area (Å²) in [4.78, 5) is 36.2. The molecular formula is C20H21N3O3. The highest BCUT2D eigenvalue weighted by Crippen LogP contribution is 2.47. The average Bonchev–Trinajstić information content (AvgIpc) is 3.38. The summed E-state index contributed by atoms with van der Waals surface area (Å²) in [7, 11) is 0. The lowest BCUT2D eigenvalue weighted by Crippen LogP contribution is -2.35. The first-order valence-electron chi connectivity index (χ1n) is 8.46. The largest absolute Gasteiger partial charge is 0.326 e. The monoisotopic (exact) mass is 351 g/mol. The molecule has 0 unspecified atom stereocenters. The van der Waals surface area contributed by atoms with Crippen LogP contribution in [0.1, 0.15) is 25.3 Å². The number of nitrogens with one attached hydrogen (secondary N) is 3. The van der Waals surface area contributed by atoms with Gasteiger partial charge in [-0.1, -0.05) is 12.1 Å². The fraction of sp³-hybridized carbons (Fsp3) is 0.250. The molecular weight excluding hydrogens is 330 g/mol. The number of aryl methyl sites for hydroxylation is 1. The predicted molar refractivity (Wildman–Crippen MR) is 101 cm³/mol. The number of anilines is 3. The molecule has 0 radical (unpaired) electrons. The predicted octanol–water partition coefficient (Wildman–Crippen LogP) is 3.31. The molecule has 3 N–H and O–H groups in total. The van der Waals surface area contributed by atoms with Crippen molar-refractivity contribution >= 4 is 34.8 Å². The van der Waals surface area contributed by atoms with Gasteiger partial charge in [-0.3, -0.25) is 14.4 Å². The van der Waals surface area contributed by atoms with E-state index in [9.17, 15) is 14.4 Å². The molecule has 3 rings (SSSR count). The Labute approximate surface area is 152 Å². The highest BCUT2D eigenvalue weighted by atomic mass is 16.2. The van der Waals surface area contributed by atoms with Crippen molar-refractivity contribution in [2.75, 3.05) is 16.0 Å². The van der Waals surface area contributed by atoms with Crippen LogP contribution in [-0.4, -0.2) is 17.7 Å². The Bertz CT molecular complexity index is 855. The molecule has 0 atom stereocenters. The van der Waals surface area contributed by atoms with E-state index in [1.807, 2.05) is 25.1 Å². The molecule has 1 fully saturated rings. The van der Waals surface area contributed by atoms with Gasteiger partial charge in [0.05, 0.1) is 0 Å². The van der Waals surface area contributed by atoms with Crippen LogP contribution < -0.4 is 16.0 Å². The lowest BCUT2D eigenvalue weighted by molar-refractivity contribution is -0.131. The summed E-state index contributed by atoms with van der Waals surface area (Å²) in [5.41, 5.74) is 1.94. The maximum Gasteiger partial charge on any atom is 0.240 e. The van der Waals surface area contributed by atoms with Crippen molar-refractivity contribution in [1.82, 2.24) is 0 Å². The average molecular weight is 351 g/mol. The zero-order valence-electron chi connectivity index (χ0n) is 14.8. The molecule has 134 valence electrons. The highest BCUT2D eigenvalue weighted by molar-refractivity contribution is 6.16. The van der Waals surface area contributed by atoms with E-state index < -0.39 is 5.41 Å². The fourth-order valence-electron chi connectivity index (χ4n) is 2.75. The van der Waals surface area contributed by atoms with E-state index in [0.29, 0.717) is 29.9 Å². The second-order valence-corrected chi connectivity index (χ2v) is 6.62. The number of carbonyl (C=O) groups is 3. The zero-order valence-corrected chi connectivity index (χ0v) is 14.8. The zero-order chi connectivity index (χ0) is 18.7. The lowest BCUT2D eigenvalue weighted by atomic mass is 10.0. The van der Waals surface area contributed by atoms with Crippen LogP contribution in [0, 0.1) is 12.3 Å². The third-order valence-corrected chi connectivity index (χ3v) is 4.36. The summed E-state index contributed by atoms with van der Waals surface area (Å²) >= 11 is 0. The minimum absolute atomic E-state index is 0.161. The molecule has 0 bridgehead atoms. The molecule has 1 aliphatic carbocycles. The second kappa shape index (κ2) is 7.00. The van der Waals surface area contributed by atoms with Gasteiger partial charge in [0.2, 0.25) is 17.7 Å². The third kappa shape index (κ3) is 3.91. The summed E-state index contributed by atoms with van der Waals surface area (Å²) < 4.78 is 0. The van der Waals surface area contributed by atoms with Crippen LogP contribution in [0.25, 0.3) is 0 Å².